The third-order valence-electron chi connectivity index (χ3n) is 4.00. The Bertz CT molecular complexity index is 1000. The highest BCUT2D eigenvalue weighted by molar-refractivity contribution is 6.06. The fraction of sp³-hybridized carbons (Fsp3) is 0. The molecule has 0 heterocycles. The van der Waals surface area contributed by atoms with Crippen LogP contribution in [-0.2, 0) is 0 Å². The third-order valence-corrected chi connectivity index (χ3v) is 4.00. The Morgan fingerprint density at radius 3 is 2.23 bits per heavy atom. The van der Waals surface area contributed by atoms with Crippen molar-refractivity contribution < 1.29 is 10.2 Å². The van der Waals surface area contributed by atoms with Crippen molar-refractivity contribution in [2.24, 2.45) is 0 Å². The minimum Gasteiger partial charge on any atom is -0.508 e. The molecule has 0 spiro atoms. The van der Waals surface area contributed by atoms with E-state index in [0.717, 1.165) is 32.7 Å². The highest BCUT2D eigenvalue weighted by Gasteiger charge is 2.09. The molecule has 4 aromatic rings. The first kappa shape index (κ1) is 12.7. The van der Waals surface area contributed by atoms with Crippen molar-refractivity contribution in [2.45, 2.75) is 0 Å². The first-order valence-corrected chi connectivity index (χ1v) is 7.16. The van der Waals surface area contributed by atoms with E-state index in [1.807, 2.05) is 48.5 Å². The van der Waals surface area contributed by atoms with Crippen LogP contribution in [-0.4, -0.2) is 10.2 Å². The Morgan fingerprint density at radius 1 is 0.500 bits per heavy atom. The summed E-state index contributed by atoms with van der Waals surface area (Å²) in [6, 6.07) is 22.9. The summed E-state index contributed by atoms with van der Waals surface area (Å²) >= 11 is 0. The number of hydrogen-bond donors (Lipinski definition) is 2. The quantitative estimate of drug-likeness (QED) is 0.513. The second-order valence-corrected chi connectivity index (χ2v) is 5.43. The van der Waals surface area contributed by atoms with Crippen LogP contribution in [0.4, 0.5) is 0 Å². The van der Waals surface area contributed by atoms with Gasteiger partial charge >= 0.3 is 0 Å². The number of rotatable bonds is 1. The summed E-state index contributed by atoms with van der Waals surface area (Å²) in [6.07, 6.45) is 0. The average molecular weight is 286 g/mol. The molecule has 0 aliphatic rings. The summed E-state index contributed by atoms with van der Waals surface area (Å²) in [5.41, 5.74) is 1.97. The monoisotopic (exact) mass is 286 g/mol. The zero-order valence-corrected chi connectivity index (χ0v) is 11.8. The Labute approximate surface area is 127 Å². The fourth-order valence-electron chi connectivity index (χ4n) is 3.01. The van der Waals surface area contributed by atoms with E-state index in [9.17, 15) is 10.2 Å². The van der Waals surface area contributed by atoms with Gasteiger partial charge in [0.2, 0.25) is 0 Å². The average Bonchev–Trinajstić information content (AvgIpc) is 2.53. The number of phenols is 2. The van der Waals surface area contributed by atoms with E-state index in [0.29, 0.717) is 0 Å². The molecule has 0 aromatic heterocycles. The zero-order chi connectivity index (χ0) is 15.1. The molecule has 0 saturated carbocycles. The Balaban J connectivity index is 2.14. The van der Waals surface area contributed by atoms with Crippen molar-refractivity contribution in [3.8, 4) is 22.6 Å². The molecular weight excluding hydrogens is 272 g/mol. The molecule has 0 bridgehead atoms. The van der Waals surface area contributed by atoms with E-state index < -0.39 is 0 Å². The number of benzene rings is 4. The highest BCUT2D eigenvalue weighted by Crippen LogP contribution is 2.37. The maximum atomic E-state index is 10.0. The summed E-state index contributed by atoms with van der Waals surface area (Å²) in [7, 11) is 0. The van der Waals surface area contributed by atoms with E-state index in [4.69, 9.17) is 0 Å². The van der Waals surface area contributed by atoms with Gasteiger partial charge in [-0.3, -0.25) is 0 Å². The lowest BCUT2D eigenvalue weighted by atomic mass is 9.93. The van der Waals surface area contributed by atoms with Crippen LogP contribution < -0.4 is 0 Å². The van der Waals surface area contributed by atoms with Crippen molar-refractivity contribution >= 4 is 21.5 Å². The molecule has 4 aromatic carbocycles. The maximum Gasteiger partial charge on any atom is 0.116 e. The van der Waals surface area contributed by atoms with Crippen LogP contribution in [0.3, 0.4) is 0 Å². The van der Waals surface area contributed by atoms with Gasteiger partial charge in [-0.2, -0.15) is 0 Å². The molecule has 22 heavy (non-hydrogen) atoms. The highest BCUT2D eigenvalue weighted by atomic mass is 16.3. The van der Waals surface area contributed by atoms with Crippen LogP contribution in [0.2, 0.25) is 0 Å². The fourth-order valence-corrected chi connectivity index (χ4v) is 3.01. The molecular formula is C20H14O2. The van der Waals surface area contributed by atoms with Gasteiger partial charge < -0.3 is 10.2 Å². The molecule has 2 N–H and O–H groups in total. The van der Waals surface area contributed by atoms with Crippen molar-refractivity contribution in [1.82, 2.24) is 0 Å². The van der Waals surface area contributed by atoms with Gasteiger partial charge in [0, 0.05) is 0 Å². The number of aromatic hydroxyl groups is 2. The number of fused-ring (bicyclic) bond motifs is 2. The second-order valence-electron chi connectivity index (χ2n) is 5.43. The van der Waals surface area contributed by atoms with Gasteiger partial charge in [0.05, 0.1) is 0 Å². The summed E-state index contributed by atoms with van der Waals surface area (Å²) in [5, 5.41) is 24.0. The van der Waals surface area contributed by atoms with E-state index in [2.05, 4.69) is 0 Å². The molecule has 2 nitrogen and oxygen atoms in total. The molecule has 0 atom stereocenters. The third kappa shape index (κ3) is 1.97. The van der Waals surface area contributed by atoms with Gasteiger partial charge in [-0.05, 0) is 56.9 Å². The zero-order valence-electron chi connectivity index (χ0n) is 11.8. The van der Waals surface area contributed by atoms with Crippen LogP contribution >= 0.6 is 0 Å². The minimum atomic E-state index is 0.240. The molecule has 0 aliphatic carbocycles. The van der Waals surface area contributed by atoms with Crippen LogP contribution in [0.15, 0.2) is 72.8 Å². The topological polar surface area (TPSA) is 40.5 Å². The lowest BCUT2D eigenvalue weighted by Gasteiger charge is -2.11. The number of hydrogen-bond acceptors (Lipinski definition) is 2. The molecule has 4 rings (SSSR count). The van der Waals surface area contributed by atoms with E-state index in [-0.39, 0.29) is 11.5 Å². The van der Waals surface area contributed by atoms with Gasteiger partial charge in [-0.15, -0.1) is 0 Å². The van der Waals surface area contributed by atoms with Crippen molar-refractivity contribution in [1.29, 1.82) is 0 Å². The molecule has 2 heteroatoms. The van der Waals surface area contributed by atoms with E-state index >= 15 is 0 Å². The van der Waals surface area contributed by atoms with Crippen LogP contribution in [0.25, 0.3) is 32.7 Å². The molecule has 0 aliphatic heterocycles. The lowest BCUT2D eigenvalue weighted by molar-refractivity contribution is 0.476. The summed E-state index contributed by atoms with van der Waals surface area (Å²) < 4.78 is 0. The van der Waals surface area contributed by atoms with Crippen LogP contribution in [0.1, 0.15) is 0 Å². The van der Waals surface area contributed by atoms with Crippen LogP contribution in [0, 0.1) is 0 Å². The lowest BCUT2D eigenvalue weighted by Crippen LogP contribution is -1.84. The Hall–Kier alpha value is -3.00. The Morgan fingerprint density at radius 2 is 1.32 bits per heavy atom. The first-order valence-electron chi connectivity index (χ1n) is 7.16. The smallest absolute Gasteiger partial charge is 0.116 e. The van der Waals surface area contributed by atoms with E-state index in [1.165, 1.54) is 0 Å². The van der Waals surface area contributed by atoms with Crippen LogP contribution in [0.5, 0.6) is 11.5 Å². The summed E-state index contributed by atoms with van der Waals surface area (Å²) in [6.45, 7) is 0. The normalized spacial score (nSPS) is 11.1. The molecule has 0 unspecified atom stereocenters. The Kier molecular flexibility index (Phi) is 2.76. The van der Waals surface area contributed by atoms with Crippen molar-refractivity contribution in [3.63, 3.8) is 0 Å². The van der Waals surface area contributed by atoms with Gasteiger partial charge in [-0.1, -0.05) is 48.5 Å². The predicted molar refractivity (Wildman–Crippen MR) is 90.2 cm³/mol. The molecule has 0 radical (unpaired) electrons. The SMILES string of the molecule is Oc1cc(-c2cccc3ccc(O)cc23)c2ccccc2c1. The van der Waals surface area contributed by atoms with Gasteiger partial charge in [-0.25, -0.2) is 0 Å². The number of phenolic OH excluding ortho intramolecular Hbond substituents is 2. The largest absolute Gasteiger partial charge is 0.508 e. The maximum absolute atomic E-state index is 10.0. The molecule has 0 saturated heterocycles. The molecule has 106 valence electrons. The molecule has 0 amide bonds. The van der Waals surface area contributed by atoms with Gasteiger partial charge in [0.15, 0.2) is 0 Å². The van der Waals surface area contributed by atoms with Crippen molar-refractivity contribution in [3.05, 3.63) is 72.8 Å². The standard InChI is InChI=1S/C20H14O2/c21-15-9-8-13-5-3-7-18(19(13)11-15)20-12-16(22)10-14-4-1-2-6-17(14)20/h1-12,21-22H. The van der Waals surface area contributed by atoms with Gasteiger partial charge in [0.25, 0.3) is 0 Å². The predicted octanol–water partition coefficient (Wildman–Crippen LogP) is 5.07. The first-order chi connectivity index (χ1) is 10.7. The van der Waals surface area contributed by atoms with Crippen molar-refractivity contribution in [2.75, 3.05) is 0 Å². The van der Waals surface area contributed by atoms with Gasteiger partial charge in [0.1, 0.15) is 11.5 Å². The molecule has 0 fully saturated rings. The summed E-state index contributed by atoms with van der Waals surface area (Å²) in [5.74, 6) is 0.482. The van der Waals surface area contributed by atoms with E-state index in [1.54, 1.807) is 24.3 Å². The minimum absolute atomic E-state index is 0.240. The summed E-state index contributed by atoms with van der Waals surface area (Å²) in [4.78, 5) is 0. The second kappa shape index (κ2) is 4.78.